The SMILES string of the molecule is COc1ccc(OCCn2c(CNC(=O)CCc3ccccc3)nc3ccccc32)cc1. The van der Waals surface area contributed by atoms with Crippen LogP contribution in [0.4, 0.5) is 0 Å². The lowest BCUT2D eigenvalue weighted by Gasteiger charge is -2.12. The average Bonchev–Trinajstić information content (AvgIpc) is 3.20. The molecular formula is C26H27N3O3. The molecule has 6 heteroatoms. The first-order chi connectivity index (χ1) is 15.7. The molecule has 0 atom stereocenters. The third kappa shape index (κ3) is 5.46. The molecule has 1 N–H and O–H groups in total. The Hall–Kier alpha value is -3.80. The molecule has 1 aromatic heterocycles. The first-order valence-electron chi connectivity index (χ1n) is 10.7. The molecule has 0 radical (unpaired) electrons. The van der Waals surface area contributed by atoms with Crippen LogP contribution in [0.25, 0.3) is 11.0 Å². The number of ether oxygens (including phenoxy) is 2. The molecule has 4 rings (SSSR count). The average molecular weight is 430 g/mol. The number of methoxy groups -OCH3 is 1. The van der Waals surface area contributed by atoms with Crippen LogP contribution in [-0.2, 0) is 24.3 Å². The maximum Gasteiger partial charge on any atom is 0.220 e. The third-order valence-electron chi connectivity index (χ3n) is 5.30. The highest BCUT2D eigenvalue weighted by Gasteiger charge is 2.12. The minimum absolute atomic E-state index is 0.0157. The van der Waals surface area contributed by atoms with Gasteiger partial charge in [-0.05, 0) is 48.4 Å². The number of imidazole rings is 1. The number of hydrogen-bond acceptors (Lipinski definition) is 4. The van der Waals surface area contributed by atoms with Crippen molar-refractivity contribution < 1.29 is 14.3 Å². The van der Waals surface area contributed by atoms with Crippen LogP contribution in [0.2, 0.25) is 0 Å². The summed E-state index contributed by atoms with van der Waals surface area (Å²) in [5.74, 6) is 2.41. The fourth-order valence-electron chi connectivity index (χ4n) is 3.61. The van der Waals surface area contributed by atoms with Crippen LogP contribution >= 0.6 is 0 Å². The predicted molar refractivity (Wildman–Crippen MR) is 125 cm³/mol. The van der Waals surface area contributed by atoms with E-state index in [1.54, 1.807) is 7.11 Å². The molecule has 0 aliphatic heterocycles. The Kier molecular flexibility index (Phi) is 7.02. The van der Waals surface area contributed by atoms with Gasteiger partial charge in [-0.25, -0.2) is 4.98 Å². The fourth-order valence-corrected chi connectivity index (χ4v) is 3.61. The van der Waals surface area contributed by atoms with Crippen LogP contribution in [-0.4, -0.2) is 29.2 Å². The summed E-state index contributed by atoms with van der Waals surface area (Å²) in [5, 5.41) is 3.01. The summed E-state index contributed by atoms with van der Waals surface area (Å²) in [7, 11) is 1.64. The molecule has 0 fully saturated rings. The molecule has 1 heterocycles. The lowest BCUT2D eigenvalue weighted by atomic mass is 10.1. The van der Waals surface area contributed by atoms with Gasteiger partial charge in [0.25, 0.3) is 0 Å². The lowest BCUT2D eigenvalue weighted by Crippen LogP contribution is -2.25. The highest BCUT2D eigenvalue weighted by Crippen LogP contribution is 2.19. The van der Waals surface area contributed by atoms with E-state index in [0.717, 1.165) is 40.3 Å². The van der Waals surface area contributed by atoms with Crippen molar-refractivity contribution in [2.75, 3.05) is 13.7 Å². The Labute approximate surface area is 187 Å². The van der Waals surface area contributed by atoms with Crippen molar-refractivity contribution in [1.82, 2.24) is 14.9 Å². The van der Waals surface area contributed by atoms with Crippen molar-refractivity contribution in [3.05, 3.63) is 90.3 Å². The number of nitrogens with zero attached hydrogens (tertiary/aromatic N) is 2. The minimum Gasteiger partial charge on any atom is -0.497 e. The molecule has 0 spiro atoms. The summed E-state index contributed by atoms with van der Waals surface area (Å²) in [6.45, 7) is 1.49. The van der Waals surface area contributed by atoms with Crippen molar-refractivity contribution >= 4 is 16.9 Å². The summed E-state index contributed by atoms with van der Waals surface area (Å²) in [6, 6.07) is 25.5. The van der Waals surface area contributed by atoms with E-state index in [0.29, 0.717) is 26.1 Å². The third-order valence-corrected chi connectivity index (χ3v) is 5.30. The largest absolute Gasteiger partial charge is 0.497 e. The fraction of sp³-hybridized carbons (Fsp3) is 0.231. The van der Waals surface area contributed by atoms with Gasteiger partial charge in [0, 0.05) is 6.42 Å². The van der Waals surface area contributed by atoms with E-state index in [4.69, 9.17) is 14.5 Å². The Morgan fingerprint density at radius 2 is 1.66 bits per heavy atom. The molecular weight excluding hydrogens is 402 g/mol. The number of aromatic nitrogens is 2. The van der Waals surface area contributed by atoms with Gasteiger partial charge in [0.15, 0.2) is 0 Å². The van der Waals surface area contributed by atoms with Gasteiger partial charge in [-0.2, -0.15) is 0 Å². The summed E-state index contributed by atoms with van der Waals surface area (Å²) >= 11 is 0. The molecule has 0 saturated heterocycles. The molecule has 0 aliphatic carbocycles. The van der Waals surface area contributed by atoms with Crippen molar-refractivity contribution in [3.8, 4) is 11.5 Å². The van der Waals surface area contributed by atoms with Gasteiger partial charge < -0.3 is 19.4 Å². The number of aryl methyl sites for hydroxylation is 1. The van der Waals surface area contributed by atoms with E-state index in [2.05, 4.69) is 9.88 Å². The van der Waals surface area contributed by atoms with E-state index in [9.17, 15) is 4.79 Å². The Morgan fingerprint density at radius 3 is 2.44 bits per heavy atom. The summed E-state index contributed by atoms with van der Waals surface area (Å²) in [6.07, 6.45) is 1.17. The van der Waals surface area contributed by atoms with Crippen molar-refractivity contribution in [2.24, 2.45) is 0 Å². The highest BCUT2D eigenvalue weighted by atomic mass is 16.5. The van der Waals surface area contributed by atoms with Crippen LogP contribution in [0.15, 0.2) is 78.9 Å². The van der Waals surface area contributed by atoms with Gasteiger partial charge in [-0.3, -0.25) is 4.79 Å². The molecule has 0 bridgehead atoms. The van der Waals surface area contributed by atoms with Gasteiger partial charge >= 0.3 is 0 Å². The molecule has 1 amide bonds. The number of carbonyl (C=O) groups is 1. The first-order valence-corrected chi connectivity index (χ1v) is 10.7. The molecule has 3 aromatic carbocycles. The first kappa shape index (κ1) is 21.4. The normalized spacial score (nSPS) is 10.8. The highest BCUT2D eigenvalue weighted by molar-refractivity contribution is 5.77. The standard InChI is InChI=1S/C26H27N3O3/c1-31-21-12-14-22(15-13-21)32-18-17-29-24-10-6-5-9-23(24)28-25(29)19-27-26(30)16-11-20-7-3-2-4-8-20/h2-10,12-15H,11,16-19H2,1H3,(H,27,30). The molecule has 4 aromatic rings. The van der Waals surface area contributed by atoms with Gasteiger partial charge in [-0.1, -0.05) is 42.5 Å². The van der Waals surface area contributed by atoms with E-state index < -0.39 is 0 Å². The van der Waals surface area contributed by atoms with Gasteiger partial charge in [0.2, 0.25) is 5.91 Å². The molecule has 6 nitrogen and oxygen atoms in total. The number of amides is 1. The number of para-hydroxylation sites is 2. The van der Waals surface area contributed by atoms with Crippen molar-refractivity contribution in [3.63, 3.8) is 0 Å². The van der Waals surface area contributed by atoms with E-state index in [1.165, 1.54) is 0 Å². The van der Waals surface area contributed by atoms with Crippen LogP contribution in [0.5, 0.6) is 11.5 Å². The van der Waals surface area contributed by atoms with Crippen LogP contribution in [0.3, 0.4) is 0 Å². The second-order valence-corrected chi connectivity index (χ2v) is 7.45. The lowest BCUT2D eigenvalue weighted by molar-refractivity contribution is -0.121. The number of fused-ring (bicyclic) bond motifs is 1. The smallest absolute Gasteiger partial charge is 0.220 e. The molecule has 0 unspecified atom stereocenters. The molecule has 0 saturated carbocycles. The van der Waals surface area contributed by atoms with Crippen LogP contribution in [0, 0.1) is 0 Å². The quantitative estimate of drug-likeness (QED) is 0.407. The monoisotopic (exact) mass is 429 g/mol. The maximum atomic E-state index is 12.4. The molecule has 32 heavy (non-hydrogen) atoms. The molecule has 0 aliphatic rings. The zero-order valence-corrected chi connectivity index (χ0v) is 18.2. The maximum absolute atomic E-state index is 12.4. The topological polar surface area (TPSA) is 65.4 Å². The number of hydrogen-bond donors (Lipinski definition) is 1. The van der Waals surface area contributed by atoms with Crippen molar-refractivity contribution in [2.45, 2.75) is 25.9 Å². The van der Waals surface area contributed by atoms with Gasteiger partial charge in [0.1, 0.15) is 23.9 Å². The van der Waals surface area contributed by atoms with Gasteiger partial charge in [0.05, 0.1) is 31.2 Å². The second kappa shape index (κ2) is 10.5. The predicted octanol–water partition coefficient (Wildman–Crippen LogP) is 4.37. The van der Waals surface area contributed by atoms with Crippen molar-refractivity contribution in [1.29, 1.82) is 0 Å². The minimum atomic E-state index is 0.0157. The Bertz CT molecular complexity index is 1150. The summed E-state index contributed by atoms with van der Waals surface area (Å²) < 4.78 is 13.2. The summed E-state index contributed by atoms with van der Waals surface area (Å²) in [4.78, 5) is 17.1. The zero-order valence-electron chi connectivity index (χ0n) is 18.2. The Balaban J connectivity index is 1.37. The van der Waals surface area contributed by atoms with Gasteiger partial charge in [-0.15, -0.1) is 0 Å². The second-order valence-electron chi connectivity index (χ2n) is 7.45. The number of nitrogens with one attached hydrogen (secondary N) is 1. The Morgan fingerprint density at radius 1 is 0.938 bits per heavy atom. The summed E-state index contributed by atoms with van der Waals surface area (Å²) in [5.41, 5.74) is 3.09. The van der Waals surface area contributed by atoms with E-state index in [-0.39, 0.29) is 5.91 Å². The van der Waals surface area contributed by atoms with Crippen LogP contribution in [0.1, 0.15) is 17.8 Å². The number of rotatable bonds is 10. The van der Waals surface area contributed by atoms with E-state index in [1.807, 2.05) is 78.9 Å². The molecule has 164 valence electrons. The number of carbonyl (C=O) groups excluding carboxylic acids is 1. The van der Waals surface area contributed by atoms with Crippen LogP contribution < -0.4 is 14.8 Å². The zero-order chi connectivity index (χ0) is 22.2. The number of benzene rings is 3. The van der Waals surface area contributed by atoms with E-state index >= 15 is 0 Å².